The predicted molar refractivity (Wildman–Crippen MR) is 105 cm³/mol. The van der Waals surface area contributed by atoms with Crippen molar-refractivity contribution >= 4 is 5.91 Å². The lowest BCUT2D eigenvalue weighted by atomic mass is 9.92. The topological polar surface area (TPSA) is 71.3 Å². The molecule has 0 radical (unpaired) electrons. The van der Waals surface area contributed by atoms with Crippen LogP contribution in [-0.2, 0) is 13.0 Å². The van der Waals surface area contributed by atoms with Crippen LogP contribution in [-0.4, -0.2) is 40.4 Å². The van der Waals surface area contributed by atoms with E-state index in [4.69, 9.17) is 4.42 Å². The number of hydrogen-bond donors (Lipinski definition) is 1. The molecule has 1 aromatic carbocycles. The average Bonchev–Trinajstić information content (AvgIpc) is 3.43. The highest BCUT2D eigenvalue weighted by Gasteiger charge is 2.29. The summed E-state index contributed by atoms with van der Waals surface area (Å²) in [6.07, 6.45) is 5.23. The van der Waals surface area contributed by atoms with Gasteiger partial charge >= 0.3 is 0 Å². The smallest absolute Gasteiger partial charge is 0.254 e. The summed E-state index contributed by atoms with van der Waals surface area (Å²) < 4.78 is 5.93. The van der Waals surface area contributed by atoms with Crippen molar-refractivity contribution in [1.29, 1.82) is 0 Å². The van der Waals surface area contributed by atoms with Crippen molar-refractivity contribution in [1.82, 2.24) is 20.2 Å². The molecule has 142 valence electrons. The third-order valence-electron chi connectivity index (χ3n) is 5.61. The van der Waals surface area contributed by atoms with Crippen LogP contribution in [0.3, 0.4) is 0 Å². The maximum Gasteiger partial charge on any atom is 0.254 e. The molecular weight excluding hydrogens is 352 g/mol. The van der Waals surface area contributed by atoms with Gasteiger partial charge < -0.3 is 14.6 Å². The second kappa shape index (κ2) is 7.20. The van der Waals surface area contributed by atoms with Gasteiger partial charge in [0.15, 0.2) is 0 Å². The number of nitrogens with one attached hydrogen (secondary N) is 1. The molecule has 0 saturated carbocycles. The zero-order valence-corrected chi connectivity index (χ0v) is 15.6. The Morgan fingerprint density at radius 1 is 1.21 bits per heavy atom. The second-order valence-corrected chi connectivity index (χ2v) is 7.38. The van der Waals surface area contributed by atoms with Crippen molar-refractivity contribution in [3.8, 4) is 11.5 Å². The number of aromatic nitrogens is 2. The second-order valence-electron chi connectivity index (χ2n) is 7.38. The molecule has 5 rings (SSSR count). The van der Waals surface area contributed by atoms with E-state index in [0.29, 0.717) is 31.3 Å². The fourth-order valence-corrected chi connectivity index (χ4v) is 4.12. The van der Waals surface area contributed by atoms with E-state index in [0.717, 1.165) is 47.7 Å². The highest BCUT2D eigenvalue weighted by molar-refractivity contribution is 5.96. The first-order valence-corrected chi connectivity index (χ1v) is 9.77. The van der Waals surface area contributed by atoms with Crippen molar-refractivity contribution < 1.29 is 9.21 Å². The van der Waals surface area contributed by atoms with E-state index in [2.05, 4.69) is 21.4 Å². The minimum Gasteiger partial charge on any atom is -0.441 e. The Kier molecular flexibility index (Phi) is 4.41. The van der Waals surface area contributed by atoms with Gasteiger partial charge in [0, 0.05) is 37.5 Å². The fraction of sp³-hybridized carbons (Fsp3) is 0.318. The Bertz CT molecular complexity index is 993. The number of rotatable bonds is 3. The van der Waals surface area contributed by atoms with Gasteiger partial charge in [-0.05, 0) is 42.6 Å². The van der Waals surface area contributed by atoms with E-state index in [1.165, 1.54) is 0 Å². The van der Waals surface area contributed by atoms with Gasteiger partial charge in [0.25, 0.3) is 5.91 Å². The summed E-state index contributed by atoms with van der Waals surface area (Å²) in [5, 5.41) is 3.40. The largest absolute Gasteiger partial charge is 0.441 e. The summed E-state index contributed by atoms with van der Waals surface area (Å²) in [5.41, 5.74) is 3.67. The van der Waals surface area contributed by atoms with Crippen LogP contribution in [0, 0.1) is 0 Å². The van der Waals surface area contributed by atoms with Gasteiger partial charge in [-0.25, -0.2) is 4.98 Å². The summed E-state index contributed by atoms with van der Waals surface area (Å²) in [7, 11) is 0. The minimum atomic E-state index is 0.0825. The first-order valence-electron chi connectivity index (χ1n) is 9.77. The van der Waals surface area contributed by atoms with Gasteiger partial charge in [-0.1, -0.05) is 18.2 Å². The van der Waals surface area contributed by atoms with Crippen LogP contribution >= 0.6 is 0 Å². The molecule has 2 aliphatic rings. The van der Waals surface area contributed by atoms with Gasteiger partial charge in [-0.2, -0.15) is 0 Å². The number of benzene rings is 1. The molecule has 1 unspecified atom stereocenters. The number of oxazole rings is 1. The van der Waals surface area contributed by atoms with Crippen molar-refractivity contribution in [3.05, 3.63) is 71.4 Å². The van der Waals surface area contributed by atoms with Crippen LogP contribution in [0.15, 0.2) is 53.2 Å². The maximum atomic E-state index is 13.3. The molecule has 6 heteroatoms. The highest BCUT2D eigenvalue weighted by Crippen LogP contribution is 2.29. The van der Waals surface area contributed by atoms with E-state index >= 15 is 0 Å². The molecule has 1 atom stereocenters. The van der Waals surface area contributed by atoms with Gasteiger partial charge in [0.1, 0.15) is 11.5 Å². The maximum absolute atomic E-state index is 13.3. The lowest BCUT2D eigenvalue weighted by Gasteiger charge is -2.27. The Hall–Kier alpha value is -2.99. The monoisotopic (exact) mass is 374 g/mol. The Morgan fingerprint density at radius 3 is 2.96 bits per heavy atom. The van der Waals surface area contributed by atoms with Crippen LogP contribution in [0.1, 0.15) is 39.7 Å². The van der Waals surface area contributed by atoms with Crippen LogP contribution in [0.25, 0.3) is 11.5 Å². The number of hydrogen-bond acceptors (Lipinski definition) is 5. The van der Waals surface area contributed by atoms with E-state index in [-0.39, 0.29) is 5.91 Å². The van der Waals surface area contributed by atoms with E-state index in [9.17, 15) is 4.79 Å². The minimum absolute atomic E-state index is 0.0825. The van der Waals surface area contributed by atoms with E-state index in [1.54, 1.807) is 12.4 Å². The van der Waals surface area contributed by atoms with Crippen molar-refractivity contribution in [2.75, 3.05) is 19.6 Å². The molecule has 6 nitrogen and oxygen atoms in total. The first kappa shape index (κ1) is 17.1. The predicted octanol–water partition coefficient (Wildman–Crippen LogP) is 3.01. The van der Waals surface area contributed by atoms with Crippen LogP contribution in [0.5, 0.6) is 0 Å². The molecule has 3 aromatic rings. The molecule has 28 heavy (non-hydrogen) atoms. The molecular formula is C22H22N4O2. The molecule has 1 N–H and O–H groups in total. The lowest BCUT2D eigenvalue weighted by Crippen LogP contribution is -2.36. The average molecular weight is 374 g/mol. The van der Waals surface area contributed by atoms with Crippen LogP contribution < -0.4 is 5.32 Å². The number of amides is 1. The highest BCUT2D eigenvalue weighted by atomic mass is 16.4. The summed E-state index contributed by atoms with van der Waals surface area (Å²) in [6, 6.07) is 11.8. The van der Waals surface area contributed by atoms with E-state index in [1.807, 2.05) is 35.2 Å². The molecule has 0 aliphatic carbocycles. The standard InChI is InChI=1S/C22H22N4O2/c27-22(18-6-2-1-5-17(18)15-7-10-24-12-15)26-11-8-20-19(14-26)25-21(28-20)16-4-3-9-23-13-16/h1-6,9,13,15,24H,7-8,10-12,14H2. The van der Waals surface area contributed by atoms with Gasteiger partial charge in [0.05, 0.1) is 12.1 Å². The van der Waals surface area contributed by atoms with Gasteiger partial charge in [0.2, 0.25) is 5.89 Å². The number of nitrogens with zero attached hydrogens (tertiary/aromatic N) is 3. The summed E-state index contributed by atoms with van der Waals surface area (Å²) >= 11 is 0. The number of pyridine rings is 1. The summed E-state index contributed by atoms with van der Waals surface area (Å²) in [4.78, 5) is 24.0. The molecule has 2 aromatic heterocycles. The van der Waals surface area contributed by atoms with Crippen molar-refractivity contribution in [3.63, 3.8) is 0 Å². The molecule has 1 amide bonds. The lowest BCUT2D eigenvalue weighted by molar-refractivity contribution is 0.0726. The summed E-state index contributed by atoms with van der Waals surface area (Å²) in [5.74, 6) is 1.94. The SMILES string of the molecule is O=C(c1ccccc1C1CCNC1)N1CCc2oc(-c3cccnc3)nc2C1. The first-order chi connectivity index (χ1) is 13.8. The number of fused-ring (bicyclic) bond motifs is 1. The quantitative estimate of drug-likeness (QED) is 0.763. The van der Waals surface area contributed by atoms with E-state index < -0.39 is 0 Å². The Balaban J connectivity index is 1.39. The molecule has 0 spiro atoms. The third-order valence-corrected chi connectivity index (χ3v) is 5.61. The van der Waals surface area contributed by atoms with Crippen LogP contribution in [0.2, 0.25) is 0 Å². The Labute approximate surface area is 163 Å². The Morgan fingerprint density at radius 2 is 2.14 bits per heavy atom. The normalized spacial score (nSPS) is 18.9. The molecule has 4 heterocycles. The third kappa shape index (κ3) is 3.10. The summed E-state index contributed by atoms with van der Waals surface area (Å²) in [6.45, 7) is 3.07. The molecule has 1 saturated heterocycles. The van der Waals surface area contributed by atoms with Gasteiger partial charge in [-0.15, -0.1) is 0 Å². The molecule has 1 fully saturated rings. The van der Waals surface area contributed by atoms with Gasteiger partial charge in [-0.3, -0.25) is 9.78 Å². The molecule has 0 bridgehead atoms. The van der Waals surface area contributed by atoms with Crippen molar-refractivity contribution in [2.45, 2.75) is 25.3 Å². The van der Waals surface area contributed by atoms with Crippen molar-refractivity contribution in [2.24, 2.45) is 0 Å². The zero-order chi connectivity index (χ0) is 18.9. The number of carbonyl (C=O) groups is 1. The number of carbonyl (C=O) groups excluding carboxylic acids is 1. The molecule has 2 aliphatic heterocycles. The fourth-order valence-electron chi connectivity index (χ4n) is 4.12. The zero-order valence-electron chi connectivity index (χ0n) is 15.6. The van der Waals surface area contributed by atoms with Crippen LogP contribution in [0.4, 0.5) is 0 Å².